The monoisotopic (exact) mass is 591 g/mol. The standard InChI is InChI=1S/C29H42FN3O7Si/c1-29(2,3)40-28(37)31-12-11-22(30)24(17-31)39-20-7-8-21-19(15-20)16-32(26(21)35)23-9-10-25(34)33(27(23)36)18-38-13-14-41(4,5)6/h7-8,15,22-24H,9-14,16-18H2,1-6H3/t22-,23?,24+/m0/s1. The number of piperidine rings is 2. The van der Waals surface area contributed by atoms with Gasteiger partial charge in [0.1, 0.15) is 36.4 Å². The van der Waals surface area contributed by atoms with Gasteiger partial charge in [-0.25, -0.2) is 9.18 Å². The second-order valence-corrected chi connectivity index (χ2v) is 18.8. The van der Waals surface area contributed by atoms with E-state index in [2.05, 4.69) is 19.6 Å². The number of hydrogen-bond donors (Lipinski definition) is 0. The van der Waals surface area contributed by atoms with Crippen LogP contribution in [0.25, 0.3) is 0 Å². The Hall–Kier alpha value is -2.99. The summed E-state index contributed by atoms with van der Waals surface area (Å²) in [6, 6.07) is 5.05. The first kappa shape index (κ1) is 31.0. The van der Waals surface area contributed by atoms with E-state index >= 15 is 0 Å². The van der Waals surface area contributed by atoms with Crippen LogP contribution in [-0.2, 0) is 25.6 Å². The number of imide groups is 1. The molecular formula is C29H42FN3O7Si. The Morgan fingerprint density at radius 2 is 1.85 bits per heavy atom. The molecule has 0 N–H and O–H groups in total. The minimum absolute atomic E-state index is 0.0403. The summed E-state index contributed by atoms with van der Waals surface area (Å²) < 4.78 is 31.8. The number of ether oxygens (including phenoxy) is 3. The van der Waals surface area contributed by atoms with Crippen molar-refractivity contribution in [2.45, 2.75) is 96.2 Å². The largest absolute Gasteiger partial charge is 0.486 e. The smallest absolute Gasteiger partial charge is 0.410 e. The van der Waals surface area contributed by atoms with Crippen LogP contribution in [0.3, 0.4) is 0 Å². The fraction of sp³-hybridized carbons (Fsp3) is 0.655. The summed E-state index contributed by atoms with van der Waals surface area (Å²) in [5.74, 6) is -0.653. The molecule has 1 aromatic carbocycles. The molecule has 0 aliphatic carbocycles. The predicted octanol–water partition coefficient (Wildman–Crippen LogP) is 4.20. The van der Waals surface area contributed by atoms with Crippen LogP contribution in [0.4, 0.5) is 9.18 Å². The molecule has 0 saturated carbocycles. The molecule has 1 aromatic rings. The maximum Gasteiger partial charge on any atom is 0.410 e. The van der Waals surface area contributed by atoms with Crippen LogP contribution >= 0.6 is 0 Å². The number of hydrogen-bond acceptors (Lipinski definition) is 7. The lowest BCUT2D eigenvalue weighted by atomic mass is 10.0. The van der Waals surface area contributed by atoms with Crippen molar-refractivity contribution >= 4 is 31.9 Å². The van der Waals surface area contributed by atoms with Gasteiger partial charge in [-0.2, -0.15) is 0 Å². The third-order valence-electron chi connectivity index (χ3n) is 7.40. The number of benzene rings is 1. The first-order valence-electron chi connectivity index (χ1n) is 14.3. The van der Waals surface area contributed by atoms with Crippen LogP contribution in [0.2, 0.25) is 25.7 Å². The lowest BCUT2D eigenvalue weighted by Gasteiger charge is -2.36. The number of fused-ring (bicyclic) bond motifs is 1. The molecule has 4 amide bonds. The van der Waals surface area contributed by atoms with E-state index in [1.165, 1.54) is 9.80 Å². The van der Waals surface area contributed by atoms with Gasteiger partial charge in [0.05, 0.1) is 6.54 Å². The number of rotatable bonds is 8. The van der Waals surface area contributed by atoms with Crippen LogP contribution in [0.15, 0.2) is 18.2 Å². The maximum atomic E-state index is 14.8. The number of halogens is 1. The van der Waals surface area contributed by atoms with E-state index < -0.39 is 44.0 Å². The average molecular weight is 592 g/mol. The third-order valence-corrected chi connectivity index (χ3v) is 9.11. The molecule has 41 heavy (non-hydrogen) atoms. The highest BCUT2D eigenvalue weighted by Crippen LogP contribution is 2.32. The van der Waals surface area contributed by atoms with Gasteiger partial charge < -0.3 is 24.0 Å². The molecule has 226 valence electrons. The van der Waals surface area contributed by atoms with E-state index in [0.717, 1.165) is 10.9 Å². The van der Waals surface area contributed by atoms with Crippen molar-refractivity contribution in [1.82, 2.24) is 14.7 Å². The van der Waals surface area contributed by atoms with Gasteiger partial charge in [-0.05, 0) is 57.0 Å². The Labute approximate surface area is 242 Å². The second kappa shape index (κ2) is 12.1. The van der Waals surface area contributed by atoms with Gasteiger partial charge >= 0.3 is 6.09 Å². The second-order valence-electron chi connectivity index (χ2n) is 13.2. The van der Waals surface area contributed by atoms with Crippen molar-refractivity contribution in [3.05, 3.63) is 29.3 Å². The summed E-state index contributed by atoms with van der Waals surface area (Å²) in [6.45, 7) is 12.8. The molecule has 0 aromatic heterocycles. The van der Waals surface area contributed by atoms with Crippen LogP contribution in [0.5, 0.6) is 5.75 Å². The summed E-state index contributed by atoms with van der Waals surface area (Å²) in [5, 5.41) is 0. The first-order chi connectivity index (χ1) is 19.1. The molecule has 0 radical (unpaired) electrons. The van der Waals surface area contributed by atoms with Crippen molar-refractivity contribution in [1.29, 1.82) is 0 Å². The van der Waals surface area contributed by atoms with Gasteiger partial charge in [0, 0.05) is 46.2 Å². The Bertz CT molecular complexity index is 1180. The number of carbonyl (C=O) groups is 4. The average Bonchev–Trinajstić information content (AvgIpc) is 3.18. The van der Waals surface area contributed by atoms with Crippen LogP contribution < -0.4 is 4.74 Å². The van der Waals surface area contributed by atoms with Crippen LogP contribution in [-0.4, -0.2) is 96.9 Å². The summed E-state index contributed by atoms with van der Waals surface area (Å²) in [4.78, 5) is 55.6. The Balaban J connectivity index is 1.39. The molecule has 0 bridgehead atoms. The maximum absolute atomic E-state index is 14.8. The zero-order valence-corrected chi connectivity index (χ0v) is 25.9. The van der Waals surface area contributed by atoms with Gasteiger partial charge in [-0.1, -0.05) is 19.6 Å². The summed E-state index contributed by atoms with van der Waals surface area (Å²) >= 11 is 0. The van der Waals surface area contributed by atoms with Gasteiger partial charge in [-0.15, -0.1) is 0 Å². The predicted molar refractivity (Wildman–Crippen MR) is 152 cm³/mol. The fourth-order valence-electron chi connectivity index (χ4n) is 5.09. The molecule has 4 rings (SSSR count). The van der Waals surface area contributed by atoms with E-state index in [4.69, 9.17) is 14.2 Å². The Kier molecular flexibility index (Phi) is 9.12. The topological polar surface area (TPSA) is 106 Å². The molecule has 0 spiro atoms. The highest BCUT2D eigenvalue weighted by molar-refractivity contribution is 6.76. The minimum atomic E-state index is -1.32. The molecule has 1 unspecified atom stereocenters. The van der Waals surface area contributed by atoms with Crippen molar-refractivity contribution in [3.63, 3.8) is 0 Å². The molecule has 3 aliphatic rings. The lowest BCUT2D eigenvalue weighted by molar-refractivity contribution is -0.158. The number of likely N-dealkylation sites (tertiary alicyclic amines) is 2. The van der Waals surface area contributed by atoms with Crippen LogP contribution in [0.1, 0.15) is 56.0 Å². The highest BCUT2D eigenvalue weighted by Gasteiger charge is 2.43. The highest BCUT2D eigenvalue weighted by atomic mass is 28.3. The molecule has 3 atom stereocenters. The minimum Gasteiger partial charge on any atom is -0.486 e. The lowest BCUT2D eigenvalue weighted by Crippen LogP contribution is -2.55. The molecule has 3 heterocycles. The zero-order valence-electron chi connectivity index (χ0n) is 24.9. The van der Waals surface area contributed by atoms with E-state index in [1.807, 2.05) is 0 Å². The molecule has 12 heteroatoms. The van der Waals surface area contributed by atoms with Gasteiger partial charge in [0.25, 0.3) is 11.8 Å². The summed E-state index contributed by atoms with van der Waals surface area (Å²) in [6.07, 6.45) is -2.14. The molecule has 2 fully saturated rings. The zero-order chi connectivity index (χ0) is 30.1. The van der Waals surface area contributed by atoms with E-state index in [0.29, 0.717) is 23.5 Å². The van der Waals surface area contributed by atoms with Crippen molar-refractivity contribution in [2.75, 3.05) is 26.4 Å². The molecular weight excluding hydrogens is 549 g/mol. The number of carbonyl (C=O) groups excluding carboxylic acids is 4. The van der Waals surface area contributed by atoms with Gasteiger partial charge in [-0.3, -0.25) is 19.3 Å². The third kappa shape index (κ3) is 7.65. The van der Waals surface area contributed by atoms with Crippen molar-refractivity contribution < 1.29 is 37.8 Å². The number of amides is 4. The Morgan fingerprint density at radius 3 is 2.54 bits per heavy atom. The first-order valence-corrected chi connectivity index (χ1v) is 18.0. The quantitative estimate of drug-likeness (QED) is 0.254. The number of alkyl halides is 1. The van der Waals surface area contributed by atoms with Crippen LogP contribution in [0, 0.1) is 0 Å². The molecule has 10 nitrogen and oxygen atoms in total. The van der Waals surface area contributed by atoms with Crippen molar-refractivity contribution in [2.24, 2.45) is 0 Å². The summed E-state index contributed by atoms with van der Waals surface area (Å²) in [5.41, 5.74) is 0.435. The van der Waals surface area contributed by atoms with Crippen molar-refractivity contribution in [3.8, 4) is 5.75 Å². The van der Waals surface area contributed by atoms with Gasteiger partial charge in [0.2, 0.25) is 5.91 Å². The van der Waals surface area contributed by atoms with E-state index in [9.17, 15) is 23.6 Å². The van der Waals surface area contributed by atoms with E-state index in [1.54, 1.807) is 39.0 Å². The molecule has 2 saturated heterocycles. The van der Waals surface area contributed by atoms with Gasteiger partial charge in [0.15, 0.2) is 0 Å². The van der Waals surface area contributed by atoms with E-state index in [-0.39, 0.29) is 57.4 Å². The summed E-state index contributed by atoms with van der Waals surface area (Å²) in [7, 11) is -1.32. The fourth-order valence-corrected chi connectivity index (χ4v) is 5.85. The SMILES string of the molecule is CC(C)(C)OC(=O)N1CC[C@H](F)[C@H](Oc2ccc3c(c2)CN(C2CCC(=O)N(COCC[Si](C)(C)C)C2=O)C3=O)C1. The molecule has 3 aliphatic heterocycles. The number of nitrogens with zero attached hydrogens (tertiary/aromatic N) is 3. The normalized spacial score (nSPS) is 23.6. The Morgan fingerprint density at radius 1 is 1.12 bits per heavy atom.